The van der Waals surface area contributed by atoms with Gasteiger partial charge in [-0.3, -0.25) is 9.78 Å². The Balaban J connectivity index is 2.70. The van der Waals surface area contributed by atoms with E-state index in [-0.39, 0.29) is 0 Å². The molecule has 0 saturated heterocycles. The minimum Gasteiger partial charge on any atom is -0.346 e. The van der Waals surface area contributed by atoms with E-state index in [4.69, 9.17) is 16.9 Å². The molecular formula is C12H11ClN4O. The van der Waals surface area contributed by atoms with Crippen molar-refractivity contribution in [3.8, 4) is 6.07 Å². The molecule has 1 atom stereocenters. The van der Waals surface area contributed by atoms with Crippen LogP contribution in [0, 0.1) is 11.3 Å². The zero-order valence-electron chi connectivity index (χ0n) is 9.72. The molecule has 0 radical (unpaired) electrons. The summed E-state index contributed by atoms with van der Waals surface area (Å²) in [5.74, 6) is 0. The highest BCUT2D eigenvalue weighted by Crippen LogP contribution is 2.30. The number of fused-ring (bicyclic) bond motifs is 1. The first-order valence-corrected chi connectivity index (χ1v) is 5.82. The number of hydrogen-bond donors (Lipinski definition) is 1. The molecule has 0 fully saturated rings. The number of carbonyl (C=O) groups is 1. The molecule has 0 aliphatic carbocycles. The van der Waals surface area contributed by atoms with Crippen molar-refractivity contribution in [1.29, 1.82) is 5.26 Å². The summed E-state index contributed by atoms with van der Waals surface area (Å²) < 4.78 is 1.94. The fourth-order valence-corrected chi connectivity index (χ4v) is 2.22. The molecule has 2 aromatic heterocycles. The van der Waals surface area contributed by atoms with Gasteiger partial charge in [-0.05, 0) is 6.92 Å². The monoisotopic (exact) mass is 262 g/mol. The van der Waals surface area contributed by atoms with Gasteiger partial charge in [0.25, 0.3) is 0 Å². The number of rotatable bonds is 4. The molecule has 1 N–H and O–H groups in total. The van der Waals surface area contributed by atoms with Crippen LogP contribution in [0.2, 0.25) is 5.02 Å². The molecule has 2 heterocycles. The van der Waals surface area contributed by atoms with E-state index >= 15 is 0 Å². The molecule has 0 aromatic carbocycles. The van der Waals surface area contributed by atoms with E-state index in [1.807, 2.05) is 17.6 Å². The first-order valence-electron chi connectivity index (χ1n) is 5.44. The maximum absolute atomic E-state index is 10.5. The van der Waals surface area contributed by atoms with Gasteiger partial charge in [0, 0.05) is 36.1 Å². The quantitative estimate of drug-likeness (QED) is 0.857. The minimum atomic E-state index is -0.727. The molecule has 2 rings (SSSR count). The van der Waals surface area contributed by atoms with Gasteiger partial charge in [-0.2, -0.15) is 5.26 Å². The van der Waals surface area contributed by atoms with Gasteiger partial charge >= 0.3 is 0 Å². The lowest BCUT2D eigenvalue weighted by molar-refractivity contribution is -0.109. The zero-order chi connectivity index (χ0) is 13.1. The van der Waals surface area contributed by atoms with Gasteiger partial charge in [0.15, 0.2) is 0 Å². The fraction of sp³-hybridized carbons (Fsp3) is 0.250. The average Bonchev–Trinajstić information content (AvgIpc) is 2.73. The Morgan fingerprint density at radius 3 is 3.06 bits per heavy atom. The summed E-state index contributed by atoms with van der Waals surface area (Å²) in [5.41, 5.74) is 1.48. The maximum Gasteiger partial charge on any atom is 0.208 e. The molecule has 0 aliphatic rings. The molecule has 1 unspecified atom stereocenters. The van der Waals surface area contributed by atoms with Crippen molar-refractivity contribution in [2.75, 3.05) is 0 Å². The third kappa shape index (κ3) is 1.91. The van der Waals surface area contributed by atoms with Crippen LogP contribution >= 0.6 is 11.6 Å². The van der Waals surface area contributed by atoms with Crippen LogP contribution in [0.5, 0.6) is 0 Å². The van der Waals surface area contributed by atoms with Crippen LogP contribution in [0.15, 0.2) is 18.6 Å². The summed E-state index contributed by atoms with van der Waals surface area (Å²) >= 11 is 6.12. The fourth-order valence-electron chi connectivity index (χ4n) is 1.96. The molecule has 5 nitrogen and oxygen atoms in total. The number of halogens is 1. The predicted molar refractivity (Wildman–Crippen MR) is 68.0 cm³/mol. The normalized spacial score (nSPS) is 12.1. The average molecular weight is 263 g/mol. The number of hydrogen-bond acceptors (Lipinski definition) is 3. The Morgan fingerprint density at radius 1 is 1.67 bits per heavy atom. The van der Waals surface area contributed by atoms with Gasteiger partial charge in [0.05, 0.1) is 16.6 Å². The summed E-state index contributed by atoms with van der Waals surface area (Å²) in [6.45, 7) is 2.70. The molecule has 0 aliphatic heterocycles. The van der Waals surface area contributed by atoms with Crippen molar-refractivity contribution in [1.82, 2.24) is 14.9 Å². The Hall–Kier alpha value is -2.06. The van der Waals surface area contributed by atoms with Crippen molar-refractivity contribution < 1.29 is 4.79 Å². The van der Waals surface area contributed by atoms with E-state index in [0.717, 1.165) is 17.4 Å². The van der Waals surface area contributed by atoms with E-state index in [0.29, 0.717) is 17.0 Å². The minimum absolute atomic E-state index is 0.507. The van der Waals surface area contributed by atoms with Gasteiger partial charge in [0.2, 0.25) is 6.41 Å². The molecule has 0 spiro atoms. The van der Waals surface area contributed by atoms with Crippen LogP contribution in [-0.4, -0.2) is 16.0 Å². The third-order valence-corrected chi connectivity index (χ3v) is 3.08. The second-order valence-electron chi connectivity index (χ2n) is 3.73. The number of amides is 1. The lowest BCUT2D eigenvalue weighted by atomic mass is 10.1. The summed E-state index contributed by atoms with van der Waals surface area (Å²) in [4.78, 5) is 14.6. The number of nitrogens with one attached hydrogen (secondary N) is 1. The number of nitriles is 1. The molecule has 0 bridgehead atoms. The van der Waals surface area contributed by atoms with Crippen LogP contribution in [-0.2, 0) is 11.3 Å². The molecule has 1 amide bonds. The largest absolute Gasteiger partial charge is 0.346 e. The summed E-state index contributed by atoms with van der Waals surface area (Å²) in [6.07, 6.45) is 5.54. The smallest absolute Gasteiger partial charge is 0.208 e. The third-order valence-electron chi connectivity index (χ3n) is 2.78. The van der Waals surface area contributed by atoms with Crippen LogP contribution in [0.3, 0.4) is 0 Å². The Morgan fingerprint density at radius 2 is 2.44 bits per heavy atom. The summed E-state index contributed by atoms with van der Waals surface area (Å²) in [6, 6.07) is 1.31. The van der Waals surface area contributed by atoms with E-state index in [2.05, 4.69) is 10.3 Å². The van der Waals surface area contributed by atoms with Gasteiger partial charge in [-0.1, -0.05) is 11.6 Å². The van der Waals surface area contributed by atoms with Crippen LogP contribution < -0.4 is 5.32 Å². The molecule has 2 aromatic rings. The lowest BCUT2D eigenvalue weighted by Gasteiger charge is -2.11. The van der Waals surface area contributed by atoms with Gasteiger partial charge in [-0.15, -0.1) is 0 Å². The molecule has 6 heteroatoms. The first kappa shape index (κ1) is 12.4. The zero-order valence-corrected chi connectivity index (χ0v) is 10.5. The second-order valence-corrected chi connectivity index (χ2v) is 4.14. The SMILES string of the molecule is CCn1cc(Cl)c2cncc(C(C#N)NC=O)c21. The van der Waals surface area contributed by atoms with E-state index in [1.54, 1.807) is 18.6 Å². The summed E-state index contributed by atoms with van der Waals surface area (Å²) in [5, 5.41) is 12.9. The Bertz CT molecular complexity index is 629. The van der Waals surface area contributed by atoms with Crippen molar-refractivity contribution in [3.63, 3.8) is 0 Å². The molecule has 18 heavy (non-hydrogen) atoms. The lowest BCUT2D eigenvalue weighted by Crippen LogP contribution is -2.18. The molecule has 0 saturated carbocycles. The van der Waals surface area contributed by atoms with E-state index in [9.17, 15) is 4.79 Å². The van der Waals surface area contributed by atoms with Crippen molar-refractivity contribution in [3.05, 3.63) is 29.2 Å². The van der Waals surface area contributed by atoms with Crippen molar-refractivity contribution in [2.45, 2.75) is 19.5 Å². The predicted octanol–water partition coefficient (Wildman–Crippen LogP) is 2.02. The van der Waals surface area contributed by atoms with Crippen LogP contribution in [0.4, 0.5) is 0 Å². The van der Waals surface area contributed by atoms with Crippen molar-refractivity contribution in [2.24, 2.45) is 0 Å². The van der Waals surface area contributed by atoms with Crippen LogP contribution in [0.25, 0.3) is 10.9 Å². The van der Waals surface area contributed by atoms with E-state index in [1.165, 1.54) is 0 Å². The first-order chi connectivity index (χ1) is 8.72. The highest BCUT2D eigenvalue weighted by Gasteiger charge is 2.17. The number of pyridine rings is 1. The number of aryl methyl sites for hydroxylation is 1. The number of aromatic nitrogens is 2. The highest BCUT2D eigenvalue weighted by atomic mass is 35.5. The molecule has 92 valence electrons. The van der Waals surface area contributed by atoms with Crippen molar-refractivity contribution >= 4 is 28.9 Å². The second kappa shape index (κ2) is 5.07. The summed E-state index contributed by atoms with van der Waals surface area (Å²) in [7, 11) is 0. The Kier molecular flexibility index (Phi) is 3.49. The number of carbonyl (C=O) groups excluding carboxylic acids is 1. The standard InChI is InChI=1S/C12H11ClN4O/c1-2-17-6-10(13)8-4-15-5-9(12(8)17)11(3-14)16-7-18/h4-7,11H,2H2,1H3,(H,16,18). The maximum atomic E-state index is 10.5. The van der Waals surface area contributed by atoms with Gasteiger partial charge in [0.1, 0.15) is 6.04 Å². The number of nitrogens with zero attached hydrogens (tertiary/aromatic N) is 3. The van der Waals surface area contributed by atoms with Crippen LogP contribution in [0.1, 0.15) is 18.5 Å². The van der Waals surface area contributed by atoms with E-state index < -0.39 is 6.04 Å². The Labute approximate surface area is 109 Å². The highest BCUT2D eigenvalue weighted by molar-refractivity contribution is 6.35. The topological polar surface area (TPSA) is 70.7 Å². The van der Waals surface area contributed by atoms with Gasteiger partial charge in [-0.25, -0.2) is 0 Å². The molecular weight excluding hydrogens is 252 g/mol. The van der Waals surface area contributed by atoms with Gasteiger partial charge < -0.3 is 9.88 Å².